The maximum atomic E-state index is 5.74. The molecule has 7 heteroatoms. The van der Waals surface area contributed by atoms with E-state index in [0.717, 1.165) is 22.7 Å². The van der Waals surface area contributed by atoms with Gasteiger partial charge >= 0.3 is 0 Å². The van der Waals surface area contributed by atoms with E-state index >= 15 is 0 Å². The van der Waals surface area contributed by atoms with Gasteiger partial charge in [-0.3, -0.25) is 0 Å². The van der Waals surface area contributed by atoms with Crippen LogP contribution in [0.25, 0.3) is 5.69 Å². The van der Waals surface area contributed by atoms with E-state index in [2.05, 4.69) is 20.8 Å². The van der Waals surface area contributed by atoms with Gasteiger partial charge in [-0.15, -0.1) is 5.10 Å². The third-order valence-corrected chi connectivity index (χ3v) is 3.10. The van der Waals surface area contributed by atoms with Crippen molar-refractivity contribution in [2.75, 3.05) is 5.32 Å². The van der Waals surface area contributed by atoms with Gasteiger partial charge < -0.3 is 9.73 Å². The topological polar surface area (TPSA) is 68.8 Å². The first-order chi connectivity index (χ1) is 9.72. The van der Waals surface area contributed by atoms with Crippen molar-refractivity contribution in [2.24, 2.45) is 0 Å². The van der Waals surface area contributed by atoms with E-state index in [1.165, 1.54) is 0 Å². The zero-order chi connectivity index (χ0) is 13.9. The average molecular weight is 290 g/mol. The first-order valence-corrected chi connectivity index (χ1v) is 6.42. The second-order valence-electron chi connectivity index (χ2n) is 4.32. The minimum Gasteiger partial charge on any atom is -0.448 e. The highest BCUT2D eigenvalue weighted by Gasteiger charge is 2.05. The molecule has 0 saturated carbocycles. The van der Waals surface area contributed by atoms with Crippen LogP contribution in [0.2, 0.25) is 5.22 Å². The third kappa shape index (κ3) is 2.65. The maximum Gasteiger partial charge on any atom is 0.193 e. The molecule has 3 rings (SSSR count). The number of nitrogens with one attached hydrogen (secondary N) is 1. The molecule has 0 aliphatic carbocycles. The first kappa shape index (κ1) is 12.7. The Morgan fingerprint density at radius 2 is 2.20 bits per heavy atom. The normalized spacial score (nSPS) is 10.7. The summed E-state index contributed by atoms with van der Waals surface area (Å²) in [7, 11) is 0. The van der Waals surface area contributed by atoms with Crippen LogP contribution < -0.4 is 5.32 Å². The number of anilines is 1. The second-order valence-corrected chi connectivity index (χ2v) is 4.69. The number of tetrazole rings is 1. The number of aromatic nitrogens is 4. The van der Waals surface area contributed by atoms with Gasteiger partial charge in [0.2, 0.25) is 0 Å². The molecule has 2 aromatic heterocycles. The molecular formula is C13H12ClN5O. The van der Waals surface area contributed by atoms with Crippen LogP contribution in [0.1, 0.15) is 11.3 Å². The van der Waals surface area contributed by atoms with Crippen LogP contribution in [-0.4, -0.2) is 20.2 Å². The Labute approximate surface area is 120 Å². The van der Waals surface area contributed by atoms with E-state index in [4.69, 9.17) is 16.0 Å². The summed E-state index contributed by atoms with van der Waals surface area (Å²) in [5.74, 6) is 0.777. The predicted molar refractivity (Wildman–Crippen MR) is 74.9 cm³/mol. The van der Waals surface area contributed by atoms with Gasteiger partial charge in [-0.2, -0.15) is 0 Å². The van der Waals surface area contributed by atoms with Crippen LogP contribution in [0.4, 0.5) is 5.69 Å². The molecule has 0 bridgehead atoms. The van der Waals surface area contributed by atoms with Crippen LogP contribution in [0.5, 0.6) is 0 Å². The number of hydrogen-bond donors (Lipinski definition) is 1. The first-order valence-electron chi connectivity index (χ1n) is 6.04. The van der Waals surface area contributed by atoms with Crippen molar-refractivity contribution in [2.45, 2.75) is 13.5 Å². The van der Waals surface area contributed by atoms with Crippen LogP contribution in [0.3, 0.4) is 0 Å². The Kier molecular flexibility index (Phi) is 3.39. The van der Waals surface area contributed by atoms with Gasteiger partial charge in [0.15, 0.2) is 5.22 Å². The lowest BCUT2D eigenvalue weighted by Gasteiger charge is -2.09. The summed E-state index contributed by atoms with van der Waals surface area (Å²) in [5.41, 5.74) is 2.97. The summed E-state index contributed by atoms with van der Waals surface area (Å²) < 4.78 is 6.93. The molecule has 0 fully saturated rings. The van der Waals surface area contributed by atoms with Crippen molar-refractivity contribution in [3.63, 3.8) is 0 Å². The Morgan fingerprint density at radius 1 is 1.30 bits per heavy atom. The van der Waals surface area contributed by atoms with Crippen LogP contribution in [0, 0.1) is 6.92 Å². The van der Waals surface area contributed by atoms with Crippen molar-refractivity contribution in [3.8, 4) is 5.69 Å². The molecule has 102 valence electrons. The predicted octanol–water partition coefficient (Wildman–Crippen LogP) is 2.83. The Morgan fingerprint density at radius 3 is 2.90 bits per heavy atom. The molecule has 0 radical (unpaired) electrons. The molecule has 0 saturated heterocycles. The SMILES string of the molecule is Cc1ccc(NCc2ccc(Cl)o2)cc1-n1cnnn1. The number of benzene rings is 1. The van der Waals surface area contributed by atoms with Crippen molar-refractivity contribution < 1.29 is 4.42 Å². The minimum atomic E-state index is 0.389. The zero-order valence-corrected chi connectivity index (χ0v) is 11.5. The summed E-state index contributed by atoms with van der Waals surface area (Å²) in [4.78, 5) is 0. The molecular weight excluding hydrogens is 278 g/mol. The van der Waals surface area contributed by atoms with Crippen molar-refractivity contribution in [3.05, 3.63) is 53.2 Å². The molecule has 0 aliphatic rings. The number of halogens is 1. The largest absolute Gasteiger partial charge is 0.448 e. The van der Waals surface area contributed by atoms with Gasteiger partial charge in [0.25, 0.3) is 0 Å². The minimum absolute atomic E-state index is 0.389. The third-order valence-electron chi connectivity index (χ3n) is 2.90. The fraction of sp³-hybridized carbons (Fsp3) is 0.154. The maximum absolute atomic E-state index is 5.74. The molecule has 0 spiro atoms. The Hall–Kier alpha value is -2.34. The molecule has 1 N–H and O–H groups in total. The van der Waals surface area contributed by atoms with E-state index < -0.39 is 0 Å². The molecule has 3 aromatic rings. The lowest BCUT2D eigenvalue weighted by Crippen LogP contribution is -2.02. The highest BCUT2D eigenvalue weighted by Crippen LogP contribution is 2.20. The summed E-state index contributed by atoms with van der Waals surface area (Å²) in [6.45, 7) is 2.57. The fourth-order valence-corrected chi connectivity index (χ4v) is 2.04. The van der Waals surface area contributed by atoms with Crippen molar-refractivity contribution in [1.29, 1.82) is 0 Å². The lowest BCUT2D eigenvalue weighted by atomic mass is 10.2. The lowest BCUT2D eigenvalue weighted by molar-refractivity contribution is 0.520. The highest BCUT2D eigenvalue weighted by molar-refractivity contribution is 6.28. The van der Waals surface area contributed by atoms with E-state index in [9.17, 15) is 0 Å². The van der Waals surface area contributed by atoms with Crippen LogP contribution >= 0.6 is 11.6 Å². The molecule has 0 aliphatic heterocycles. The number of nitrogens with zero attached hydrogens (tertiary/aromatic N) is 4. The molecule has 2 heterocycles. The number of rotatable bonds is 4. The molecule has 0 atom stereocenters. The second kappa shape index (κ2) is 5.34. The number of aryl methyl sites for hydroxylation is 1. The van der Waals surface area contributed by atoms with Gasteiger partial charge in [-0.05, 0) is 58.8 Å². The summed E-state index contributed by atoms with van der Waals surface area (Å²) in [6, 6.07) is 9.55. The van der Waals surface area contributed by atoms with Gasteiger partial charge in [0, 0.05) is 5.69 Å². The molecule has 0 unspecified atom stereocenters. The number of hydrogen-bond acceptors (Lipinski definition) is 5. The molecule has 0 amide bonds. The smallest absolute Gasteiger partial charge is 0.193 e. The summed E-state index contributed by atoms with van der Waals surface area (Å²) >= 11 is 5.74. The highest BCUT2D eigenvalue weighted by atomic mass is 35.5. The van der Waals surface area contributed by atoms with Crippen molar-refractivity contribution in [1.82, 2.24) is 20.2 Å². The van der Waals surface area contributed by atoms with E-state index in [-0.39, 0.29) is 0 Å². The molecule has 6 nitrogen and oxygen atoms in total. The van der Waals surface area contributed by atoms with E-state index in [1.807, 2.05) is 31.2 Å². The van der Waals surface area contributed by atoms with Gasteiger partial charge in [-0.25, -0.2) is 4.68 Å². The van der Waals surface area contributed by atoms with E-state index in [1.54, 1.807) is 17.1 Å². The summed E-state index contributed by atoms with van der Waals surface area (Å²) in [5, 5.41) is 14.9. The average Bonchev–Trinajstić information content (AvgIpc) is 3.09. The number of furan rings is 1. The van der Waals surface area contributed by atoms with Crippen LogP contribution in [0.15, 0.2) is 41.1 Å². The monoisotopic (exact) mass is 289 g/mol. The van der Waals surface area contributed by atoms with E-state index in [0.29, 0.717) is 11.8 Å². The van der Waals surface area contributed by atoms with Crippen LogP contribution in [-0.2, 0) is 6.54 Å². The fourth-order valence-electron chi connectivity index (χ4n) is 1.87. The Bertz CT molecular complexity index is 707. The quantitative estimate of drug-likeness (QED) is 0.800. The molecule has 1 aromatic carbocycles. The van der Waals surface area contributed by atoms with Gasteiger partial charge in [0.05, 0.1) is 12.2 Å². The van der Waals surface area contributed by atoms with Crippen molar-refractivity contribution >= 4 is 17.3 Å². The van der Waals surface area contributed by atoms with Gasteiger partial charge in [-0.1, -0.05) is 6.07 Å². The van der Waals surface area contributed by atoms with Gasteiger partial charge in [0.1, 0.15) is 12.1 Å². The molecule has 20 heavy (non-hydrogen) atoms. The summed E-state index contributed by atoms with van der Waals surface area (Å²) in [6.07, 6.45) is 1.57. The Balaban J connectivity index is 1.79. The standard InChI is InChI=1S/C13H12ClN5O/c1-9-2-3-10(6-12(9)19-8-16-17-18-19)15-7-11-4-5-13(14)20-11/h2-6,8,15H,7H2,1H3. The zero-order valence-electron chi connectivity index (χ0n) is 10.7.